The smallest absolute Gasteiger partial charge is 0.176 e. The molecule has 0 atom stereocenters. The molecule has 0 amide bonds. The number of furan rings is 1. The van der Waals surface area contributed by atoms with Crippen LogP contribution in [-0.2, 0) is 5.54 Å². The normalized spacial score (nSPS) is 18.1. The quantitative estimate of drug-likeness (QED) is 0.864. The van der Waals surface area contributed by atoms with Crippen LogP contribution in [0.3, 0.4) is 0 Å². The Morgan fingerprint density at radius 3 is 2.65 bits per heavy atom. The van der Waals surface area contributed by atoms with Gasteiger partial charge < -0.3 is 14.9 Å². The van der Waals surface area contributed by atoms with E-state index in [1.54, 1.807) is 7.11 Å². The van der Waals surface area contributed by atoms with Crippen LogP contribution in [0.5, 0.6) is 5.75 Å². The summed E-state index contributed by atoms with van der Waals surface area (Å²) in [7, 11) is 1.67. The van der Waals surface area contributed by atoms with Gasteiger partial charge in [0.15, 0.2) is 11.3 Å². The van der Waals surface area contributed by atoms with E-state index in [-0.39, 0.29) is 5.54 Å². The largest absolute Gasteiger partial charge is 0.493 e. The van der Waals surface area contributed by atoms with Crippen molar-refractivity contribution >= 4 is 11.0 Å². The number of ether oxygens (including phenoxy) is 1. The molecule has 3 heteroatoms. The average Bonchev–Trinajstić information content (AvgIpc) is 2.64. The van der Waals surface area contributed by atoms with Crippen LogP contribution in [0.1, 0.15) is 30.6 Å². The van der Waals surface area contributed by atoms with E-state index in [1.807, 2.05) is 19.1 Å². The van der Waals surface area contributed by atoms with E-state index in [1.165, 1.54) is 6.42 Å². The first-order chi connectivity index (χ1) is 8.12. The molecule has 0 bridgehead atoms. The van der Waals surface area contributed by atoms with E-state index in [2.05, 4.69) is 6.07 Å². The highest BCUT2D eigenvalue weighted by molar-refractivity contribution is 5.85. The molecule has 2 aromatic rings. The van der Waals surface area contributed by atoms with Gasteiger partial charge in [-0.2, -0.15) is 0 Å². The minimum Gasteiger partial charge on any atom is -0.493 e. The van der Waals surface area contributed by atoms with Crippen molar-refractivity contribution in [3.63, 3.8) is 0 Å². The number of nitrogens with two attached hydrogens (primary N) is 1. The summed E-state index contributed by atoms with van der Waals surface area (Å²) in [5.41, 5.74) is 8.18. The minimum atomic E-state index is -0.160. The maximum absolute atomic E-state index is 6.36. The summed E-state index contributed by atoms with van der Waals surface area (Å²) >= 11 is 0. The molecule has 1 saturated carbocycles. The van der Waals surface area contributed by atoms with Crippen molar-refractivity contribution in [2.75, 3.05) is 7.11 Å². The Morgan fingerprint density at radius 1 is 1.29 bits per heavy atom. The molecule has 1 aliphatic rings. The Labute approximate surface area is 101 Å². The third-order valence-electron chi connectivity index (χ3n) is 3.75. The molecule has 1 aromatic heterocycles. The molecule has 1 aromatic carbocycles. The molecule has 0 unspecified atom stereocenters. The molecule has 1 heterocycles. The molecule has 3 nitrogen and oxygen atoms in total. The summed E-state index contributed by atoms with van der Waals surface area (Å²) in [5, 5.41) is 1.08. The third kappa shape index (κ3) is 1.53. The Hall–Kier alpha value is -1.48. The zero-order valence-electron chi connectivity index (χ0n) is 10.2. The maximum Gasteiger partial charge on any atom is 0.176 e. The lowest BCUT2D eigenvalue weighted by Gasteiger charge is -2.38. The first-order valence-corrected chi connectivity index (χ1v) is 6.00. The number of hydrogen-bond donors (Lipinski definition) is 1. The van der Waals surface area contributed by atoms with Gasteiger partial charge in [-0.15, -0.1) is 0 Å². The highest BCUT2D eigenvalue weighted by atomic mass is 16.5. The van der Waals surface area contributed by atoms with Gasteiger partial charge in [0.1, 0.15) is 5.76 Å². The van der Waals surface area contributed by atoms with Crippen molar-refractivity contribution in [3.05, 3.63) is 29.5 Å². The highest BCUT2D eigenvalue weighted by Crippen LogP contribution is 2.42. The molecular weight excluding hydrogens is 214 g/mol. The van der Waals surface area contributed by atoms with Gasteiger partial charge in [0.2, 0.25) is 0 Å². The first-order valence-electron chi connectivity index (χ1n) is 6.00. The van der Waals surface area contributed by atoms with Gasteiger partial charge in [-0.1, -0.05) is 0 Å². The van der Waals surface area contributed by atoms with Gasteiger partial charge in [0.05, 0.1) is 7.11 Å². The van der Waals surface area contributed by atoms with Gasteiger partial charge in [-0.3, -0.25) is 0 Å². The van der Waals surface area contributed by atoms with E-state index in [9.17, 15) is 0 Å². The molecular formula is C14H17NO2. The van der Waals surface area contributed by atoms with Crippen LogP contribution in [0.25, 0.3) is 11.0 Å². The summed E-state index contributed by atoms with van der Waals surface area (Å²) < 4.78 is 11.0. The van der Waals surface area contributed by atoms with Crippen LogP contribution >= 0.6 is 0 Å². The standard InChI is InChI=1S/C14H17NO2/c1-9-6-10-7-11(14(15)4-3-5-14)8-12(16-2)13(10)17-9/h6-8H,3-5,15H2,1-2H3. The van der Waals surface area contributed by atoms with Crippen LogP contribution in [0.4, 0.5) is 0 Å². The van der Waals surface area contributed by atoms with Crippen LogP contribution in [0.15, 0.2) is 22.6 Å². The van der Waals surface area contributed by atoms with Gasteiger partial charge >= 0.3 is 0 Å². The predicted molar refractivity (Wildman–Crippen MR) is 67.2 cm³/mol. The number of methoxy groups -OCH3 is 1. The lowest BCUT2D eigenvalue weighted by Crippen LogP contribution is -2.43. The monoisotopic (exact) mass is 231 g/mol. The number of hydrogen-bond acceptors (Lipinski definition) is 3. The van der Waals surface area contributed by atoms with Crippen LogP contribution in [-0.4, -0.2) is 7.11 Å². The van der Waals surface area contributed by atoms with Crippen LogP contribution < -0.4 is 10.5 Å². The van der Waals surface area contributed by atoms with Crippen molar-refractivity contribution in [1.29, 1.82) is 0 Å². The predicted octanol–water partition coefficient (Wildman–Crippen LogP) is 3.09. The van der Waals surface area contributed by atoms with E-state index in [0.29, 0.717) is 0 Å². The first kappa shape index (κ1) is 10.7. The summed E-state index contributed by atoms with van der Waals surface area (Å²) in [6, 6.07) is 6.18. The van der Waals surface area contributed by atoms with E-state index in [0.717, 1.165) is 40.9 Å². The molecule has 0 saturated heterocycles. The van der Waals surface area contributed by atoms with Crippen molar-refractivity contribution in [3.8, 4) is 5.75 Å². The molecule has 1 aliphatic carbocycles. The van der Waals surface area contributed by atoms with Crippen molar-refractivity contribution in [2.24, 2.45) is 5.73 Å². The highest BCUT2D eigenvalue weighted by Gasteiger charge is 2.35. The van der Waals surface area contributed by atoms with E-state index < -0.39 is 0 Å². The zero-order valence-corrected chi connectivity index (χ0v) is 10.2. The Balaban J connectivity index is 2.20. The van der Waals surface area contributed by atoms with Gasteiger partial charge in [0.25, 0.3) is 0 Å². The van der Waals surface area contributed by atoms with Crippen molar-refractivity contribution < 1.29 is 9.15 Å². The fourth-order valence-corrected chi connectivity index (χ4v) is 2.54. The fourth-order valence-electron chi connectivity index (χ4n) is 2.54. The van der Waals surface area contributed by atoms with Crippen LogP contribution in [0, 0.1) is 6.92 Å². The van der Waals surface area contributed by atoms with Gasteiger partial charge in [0, 0.05) is 10.9 Å². The van der Waals surface area contributed by atoms with E-state index >= 15 is 0 Å². The number of rotatable bonds is 2. The molecule has 2 N–H and O–H groups in total. The molecule has 1 fully saturated rings. The summed E-state index contributed by atoms with van der Waals surface area (Å²) in [4.78, 5) is 0. The van der Waals surface area contributed by atoms with Crippen LogP contribution in [0.2, 0.25) is 0 Å². The number of aryl methyl sites for hydroxylation is 1. The average molecular weight is 231 g/mol. The molecule has 17 heavy (non-hydrogen) atoms. The second-order valence-electron chi connectivity index (χ2n) is 4.96. The molecule has 3 rings (SSSR count). The van der Waals surface area contributed by atoms with Crippen molar-refractivity contribution in [2.45, 2.75) is 31.7 Å². The molecule has 0 radical (unpaired) electrons. The summed E-state index contributed by atoms with van der Waals surface area (Å²) in [6.07, 6.45) is 3.32. The minimum absolute atomic E-state index is 0.160. The Morgan fingerprint density at radius 2 is 2.06 bits per heavy atom. The van der Waals surface area contributed by atoms with Gasteiger partial charge in [-0.05, 0) is 49.9 Å². The SMILES string of the molecule is COc1cc(C2(N)CCC2)cc2cc(C)oc12. The fraction of sp³-hybridized carbons (Fsp3) is 0.429. The third-order valence-corrected chi connectivity index (χ3v) is 3.75. The number of fused-ring (bicyclic) bond motifs is 1. The molecule has 0 spiro atoms. The van der Waals surface area contributed by atoms with Crippen molar-refractivity contribution in [1.82, 2.24) is 0 Å². The Kier molecular flexibility index (Phi) is 2.20. The Bertz CT molecular complexity index is 567. The maximum atomic E-state index is 6.36. The zero-order chi connectivity index (χ0) is 12.0. The topological polar surface area (TPSA) is 48.4 Å². The molecule has 90 valence electrons. The summed E-state index contributed by atoms with van der Waals surface area (Å²) in [5.74, 6) is 1.68. The van der Waals surface area contributed by atoms with Gasteiger partial charge in [-0.25, -0.2) is 0 Å². The lowest BCUT2D eigenvalue weighted by atomic mass is 9.72. The molecule has 0 aliphatic heterocycles. The second-order valence-corrected chi connectivity index (χ2v) is 4.96. The summed E-state index contributed by atoms with van der Waals surface area (Å²) in [6.45, 7) is 1.95. The second kappa shape index (κ2) is 3.50. The number of benzene rings is 1. The lowest BCUT2D eigenvalue weighted by molar-refractivity contribution is 0.253. The van der Waals surface area contributed by atoms with E-state index in [4.69, 9.17) is 14.9 Å².